The third kappa shape index (κ3) is 2.36. The van der Waals surface area contributed by atoms with E-state index >= 15 is 0 Å². The van der Waals surface area contributed by atoms with Gasteiger partial charge in [0.25, 0.3) is 0 Å². The number of hydrogen-bond acceptors (Lipinski definition) is 3. The van der Waals surface area contributed by atoms with E-state index in [4.69, 9.17) is 0 Å². The maximum atomic E-state index is 13.0. The number of H-pyrrole nitrogens is 1. The number of para-hydroxylation sites is 1. The topological polar surface area (TPSA) is 56.4 Å². The number of amides is 2. The second kappa shape index (κ2) is 5.96. The first kappa shape index (κ1) is 16.6. The van der Waals surface area contributed by atoms with Gasteiger partial charge in [-0.2, -0.15) is 0 Å². The molecule has 1 N–H and O–H groups in total. The molecule has 0 bridgehead atoms. The number of nitrogens with zero attached hydrogens (tertiary/aromatic N) is 2. The van der Waals surface area contributed by atoms with Gasteiger partial charge in [-0.1, -0.05) is 25.1 Å². The third-order valence-electron chi connectivity index (χ3n) is 5.75. The van der Waals surface area contributed by atoms with Gasteiger partial charge in [-0.05, 0) is 30.2 Å². The van der Waals surface area contributed by atoms with Crippen LogP contribution in [0.25, 0.3) is 10.9 Å². The van der Waals surface area contributed by atoms with Crippen LogP contribution in [0.5, 0.6) is 0 Å². The van der Waals surface area contributed by atoms with Crippen LogP contribution < -0.4 is 0 Å². The maximum Gasteiger partial charge on any atom is 0.245 e. The molecule has 138 valence electrons. The number of aryl methyl sites for hydroxylation is 1. The van der Waals surface area contributed by atoms with Crippen LogP contribution in [0.15, 0.2) is 36.4 Å². The lowest BCUT2D eigenvalue weighted by Gasteiger charge is -2.45. The number of thiophene rings is 1. The zero-order valence-corrected chi connectivity index (χ0v) is 16.2. The Hall–Kier alpha value is -2.60. The molecule has 0 saturated carbocycles. The predicted octanol–water partition coefficient (Wildman–Crippen LogP) is 3.11. The average Bonchev–Trinajstić information content (AvgIpc) is 3.29. The second-order valence-electron chi connectivity index (χ2n) is 7.34. The number of likely N-dealkylation sites (N-methyl/N-ethyl adjacent to an activating group) is 1. The van der Waals surface area contributed by atoms with Crippen molar-refractivity contribution in [2.45, 2.75) is 31.8 Å². The van der Waals surface area contributed by atoms with Gasteiger partial charge in [-0.3, -0.25) is 9.59 Å². The van der Waals surface area contributed by atoms with Crippen LogP contribution in [0.3, 0.4) is 0 Å². The summed E-state index contributed by atoms with van der Waals surface area (Å²) in [6.07, 6.45) is 1.53. The number of fused-ring (bicyclic) bond motifs is 4. The Labute approximate surface area is 161 Å². The van der Waals surface area contributed by atoms with E-state index in [1.165, 1.54) is 10.4 Å². The van der Waals surface area contributed by atoms with Gasteiger partial charge in [-0.15, -0.1) is 11.3 Å². The van der Waals surface area contributed by atoms with E-state index in [9.17, 15) is 9.59 Å². The fourth-order valence-corrected chi connectivity index (χ4v) is 5.50. The molecule has 2 atom stereocenters. The Morgan fingerprint density at radius 1 is 1.19 bits per heavy atom. The quantitative estimate of drug-likeness (QED) is 0.744. The Morgan fingerprint density at radius 3 is 2.78 bits per heavy atom. The average molecular weight is 379 g/mol. The van der Waals surface area contributed by atoms with Crippen molar-refractivity contribution in [1.29, 1.82) is 0 Å². The minimum Gasteiger partial charge on any atom is -0.356 e. The van der Waals surface area contributed by atoms with Crippen molar-refractivity contribution in [3.05, 3.63) is 57.4 Å². The standard InChI is InChI=1S/C21H21N3O2S/c1-3-12-8-9-17(27-12)20-19-14(13-6-4-5-7-15(13)22-19)10-16-21(26)23(2)11-18(25)24(16)20/h4-9,16,20,22H,3,10-11H2,1-2H3/t16-,20-/m1/s1. The lowest BCUT2D eigenvalue weighted by Crippen LogP contribution is -2.62. The van der Waals surface area contributed by atoms with Gasteiger partial charge in [0.1, 0.15) is 12.1 Å². The van der Waals surface area contributed by atoms with Gasteiger partial charge in [0, 0.05) is 39.8 Å². The molecule has 2 aliphatic heterocycles. The summed E-state index contributed by atoms with van der Waals surface area (Å²) in [4.78, 5) is 35.3. The molecule has 6 heteroatoms. The number of carbonyl (C=O) groups excluding carboxylic acids is 2. The molecule has 0 radical (unpaired) electrons. The second-order valence-corrected chi connectivity index (χ2v) is 8.54. The molecule has 1 fully saturated rings. The van der Waals surface area contributed by atoms with E-state index in [1.807, 2.05) is 17.0 Å². The van der Waals surface area contributed by atoms with Crippen molar-refractivity contribution >= 4 is 34.1 Å². The highest BCUT2D eigenvalue weighted by Gasteiger charge is 2.47. The molecule has 1 saturated heterocycles. The number of benzene rings is 1. The van der Waals surface area contributed by atoms with Gasteiger partial charge in [0.05, 0.1) is 6.54 Å². The SMILES string of the molecule is CCc1ccc([C@@H]2c3[nH]c4ccccc4c3C[C@@H]3C(=O)N(C)CC(=O)N23)s1. The molecule has 1 aromatic carbocycles. The smallest absolute Gasteiger partial charge is 0.245 e. The van der Waals surface area contributed by atoms with Crippen molar-refractivity contribution in [2.75, 3.05) is 13.6 Å². The first-order valence-corrected chi connectivity index (χ1v) is 10.1. The van der Waals surface area contributed by atoms with Crippen LogP contribution in [0.2, 0.25) is 0 Å². The first-order valence-electron chi connectivity index (χ1n) is 9.32. The van der Waals surface area contributed by atoms with Crippen LogP contribution in [-0.2, 0) is 22.4 Å². The summed E-state index contributed by atoms with van der Waals surface area (Å²) in [7, 11) is 1.72. The molecule has 5 rings (SSSR count). The summed E-state index contributed by atoms with van der Waals surface area (Å²) in [6.45, 7) is 2.28. The lowest BCUT2D eigenvalue weighted by atomic mass is 9.88. The van der Waals surface area contributed by atoms with E-state index in [0.29, 0.717) is 6.42 Å². The van der Waals surface area contributed by atoms with Crippen molar-refractivity contribution in [2.24, 2.45) is 0 Å². The third-order valence-corrected chi connectivity index (χ3v) is 7.04. The highest BCUT2D eigenvalue weighted by Crippen LogP contribution is 2.44. The Kier molecular flexibility index (Phi) is 3.65. The van der Waals surface area contributed by atoms with Gasteiger partial charge >= 0.3 is 0 Å². The summed E-state index contributed by atoms with van der Waals surface area (Å²) in [5, 5.41) is 1.15. The molecule has 3 aromatic rings. The lowest BCUT2D eigenvalue weighted by molar-refractivity contribution is -0.157. The maximum absolute atomic E-state index is 13.0. The van der Waals surface area contributed by atoms with Crippen molar-refractivity contribution in [3.8, 4) is 0 Å². The summed E-state index contributed by atoms with van der Waals surface area (Å²) in [5.41, 5.74) is 3.29. The normalized spacial score (nSPS) is 22.3. The van der Waals surface area contributed by atoms with Crippen molar-refractivity contribution in [1.82, 2.24) is 14.8 Å². The van der Waals surface area contributed by atoms with Crippen LogP contribution in [0.4, 0.5) is 0 Å². The van der Waals surface area contributed by atoms with Crippen LogP contribution in [0.1, 0.15) is 34.0 Å². The van der Waals surface area contributed by atoms with Gasteiger partial charge in [0.15, 0.2) is 0 Å². The summed E-state index contributed by atoms with van der Waals surface area (Å²) in [6, 6.07) is 11.8. The predicted molar refractivity (Wildman–Crippen MR) is 106 cm³/mol. The van der Waals surface area contributed by atoms with Crippen LogP contribution >= 0.6 is 11.3 Å². The molecule has 0 spiro atoms. The van der Waals surface area contributed by atoms with Gasteiger partial charge in [0.2, 0.25) is 11.8 Å². The highest BCUT2D eigenvalue weighted by atomic mass is 32.1. The molecule has 4 heterocycles. The summed E-state index contributed by atoms with van der Waals surface area (Å²) >= 11 is 1.73. The van der Waals surface area contributed by atoms with E-state index in [0.717, 1.165) is 27.9 Å². The molecule has 5 nitrogen and oxygen atoms in total. The Morgan fingerprint density at radius 2 is 2.00 bits per heavy atom. The number of aromatic amines is 1. The minimum absolute atomic E-state index is 0.0165. The van der Waals surface area contributed by atoms with E-state index in [2.05, 4.69) is 36.2 Å². The Bertz CT molecular complexity index is 1070. The largest absolute Gasteiger partial charge is 0.356 e. The molecular weight excluding hydrogens is 358 g/mol. The zero-order valence-electron chi connectivity index (χ0n) is 15.4. The van der Waals surface area contributed by atoms with Crippen LogP contribution in [0, 0.1) is 0 Å². The van der Waals surface area contributed by atoms with E-state index < -0.39 is 6.04 Å². The molecule has 0 aliphatic carbocycles. The number of nitrogens with one attached hydrogen (secondary N) is 1. The molecule has 2 aliphatic rings. The number of hydrogen-bond donors (Lipinski definition) is 1. The minimum atomic E-state index is -0.430. The molecule has 0 unspecified atom stereocenters. The number of aromatic nitrogens is 1. The first-order chi connectivity index (χ1) is 13.1. The number of carbonyl (C=O) groups is 2. The fourth-order valence-electron chi connectivity index (χ4n) is 4.44. The van der Waals surface area contributed by atoms with E-state index in [1.54, 1.807) is 23.3 Å². The molecule has 2 aromatic heterocycles. The summed E-state index contributed by atoms with van der Waals surface area (Å²) < 4.78 is 0. The monoisotopic (exact) mass is 379 g/mol. The summed E-state index contributed by atoms with van der Waals surface area (Å²) in [5.74, 6) is 0.0469. The van der Waals surface area contributed by atoms with Crippen molar-refractivity contribution in [3.63, 3.8) is 0 Å². The van der Waals surface area contributed by atoms with Gasteiger partial charge in [-0.25, -0.2) is 0 Å². The number of rotatable bonds is 2. The molecule has 27 heavy (non-hydrogen) atoms. The Balaban J connectivity index is 1.75. The fraction of sp³-hybridized carbons (Fsp3) is 0.333. The van der Waals surface area contributed by atoms with Crippen LogP contribution in [-0.4, -0.2) is 46.2 Å². The van der Waals surface area contributed by atoms with Crippen molar-refractivity contribution < 1.29 is 9.59 Å². The highest BCUT2D eigenvalue weighted by molar-refractivity contribution is 7.12. The molecular formula is C21H21N3O2S. The van der Waals surface area contributed by atoms with Gasteiger partial charge < -0.3 is 14.8 Å². The van der Waals surface area contributed by atoms with E-state index in [-0.39, 0.29) is 24.4 Å². The number of piperazine rings is 1. The molecule has 2 amide bonds. The zero-order chi connectivity index (χ0) is 18.7.